The number of hydrogen-bond acceptors (Lipinski definition) is 4. The molecule has 0 radical (unpaired) electrons. The van der Waals surface area contributed by atoms with E-state index in [9.17, 15) is 13.2 Å². The summed E-state index contributed by atoms with van der Waals surface area (Å²) in [6, 6.07) is 0. The summed E-state index contributed by atoms with van der Waals surface area (Å²) in [7, 11) is -1.78. The first-order valence-electron chi connectivity index (χ1n) is 5.12. The van der Waals surface area contributed by atoms with Crippen molar-refractivity contribution >= 4 is 16.0 Å². The molecule has 0 N–H and O–H groups in total. The molecule has 2 fully saturated rings. The minimum atomic E-state index is -3.11. The van der Waals surface area contributed by atoms with E-state index >= 15 is 0 Å². The minimum Gasteiger partial charge on any atom is -0.469 e. The Bertz CT molecular complexity index is 360. The van der Waals surface area contributed by atoms with Crippen LogP contribution in [0.3, 0.4) is 0 Å². The van der Waals surface area contributed by atoms with Crippen molar-refractivity contribution in [3.05, 3.63) is 0 Å². The molecule has 0 spiro atoms. The highest BCUT2D eigenvalue weighted by Gasteiger charge is 2.44. The summed E-state index contributed by atoms with van der Waals surface area (Å²) < 4.78 is 29.7. The zero-order valence-electron chi connectivity index (χ0n) is 8.68. The molecular weight excluding hydrogens is 218 g/mol. The van der Waals surface area contributed by atoms with E-state index in [-0.39, 0.29) is 17.1 Å². The van der Waals surface area contributed by atoms with E-state index in [4.69, 9.17) is 0 Å². The van der Waals surface area contributed by atoms with E-state index in [1.165, 1.54) is 11.4 Å². The molecule has 0 aromatic heterocycles. The molecule has 6 heteroatoms. The summed E-state index contributed by atoms with van der Waals surface area (Å²) in [4.78, 5) is 11.2. The Kier molecular flexibility index (Phi) is 2.72. The van der Waals surface area contributed by atoms with Crippen molar-refractivity contribution in [1.29, 1.82) is 0 Å². The summed E-state index contributed by atoms with van der Waals surface area (Å²) in [5.74, 6) is -0.577. The third-order valence-electron chi connectivity index (χ3n) is 2.99. The second-order valence-electron chi connectivity index (χ2n) is 4.11. The van der Waals surface area contributed by atoms with Gasteiger partial charge in [-0.1, -0.05) is 0 Å². The Labute approximate surface area is 89.4 Å². The number of carbonyl (C=O) groups excluding carboxylic acids is 1. The summed E-state index contributed by atoms with van der Waals surface area (Å²) in [5, 5.41) is -0.186. The Hall–Kier alpha value is -0.620. The van der Waals surface area contributed by atoms with Gasteiger partial charge in [0.15, 0.2) is 0 Å². The highest BCUT2D eigenvalue weighted by Crippen LogP contribution is 2.33. The third-order valence-corrected chi connectivity index (χ3v) is 5.36. The SMILES string of the molecule is COC(=O)C1CCN(S(=O)(=O)C2CC2)C1. The molecule has 1 saturated heterocycles. The quantitative estimate of drug-likeness (QED) is 0.642. The smallest absolute Gasteiger partial charge is 0.310 e. The van der Waals surface area contributed by atoms with Crippen molar-refractivity contribution in [3.8, 4) is 0 Å². The van der Waals surface area contributed by atoms with Crippen molar-refractivity contribution < 1.29 is 17.9 Å². The lowest BCUT2D eigenvalue weighted by atomic mass is 10.1. The van der Waals surface area contributed by atoms with Gasteiger partial charge in [-0.3, -0.25) is 4.79 Å². The maximum atomic E-state index is 11.8. The van der Waals surface area contributed by atoms with E-state index in [0.29, 0.717) is 19.5 Å². The summed E-state index contributed by atoms with van der Waals surface area (Å²) >= 11 is 0. The largest absolute Gasteiger partial charge is 0.469 e. The highest BCUT2D eigenvalue weighted by molar-refractivity contribution is 7.90. The van der Waals surface area contributed by atoms with Crippen LogP contribution in [0.1, 0.15) is 19.3 Å². The van der Waals surface area contributed by atoms with Crippen molar-refractivity contribution in [2.75, 3.05) is 20.2 Å². The van der Waals surface area contributed by atoms with Gasteiger partial charge in [0.25, 0.3) is 0 Å². The zero-order chi connectivity index (χ0) is 11.1. The molecule has 5 nitrogen and oxygen atoms in total. The van der Waals surface area contributed by atoms with Crippen LogP contribution in [0.4, 0.5) is 0 Å². The number of sulfonamides is 1. The van der Waals surface area contributed by atoms with Gasteiger partial charge < -0.3 is 4.74 Å². The second-order valence-corrected chi connectivity index (χ2v) is 6.32. The van der Waals surface area contributed by atoms with Crippen molar-refractivity contribution in [2.45, 2.75) is 24.5 Å². The van der Waals surface area contributed by atoms with E-state index < -0.39 is 10.0 Å². The van der Waals surface area contributed by atoms with Crippen molar-refractivity contribution in [1.82, 2.24) is 4.31 Å². The maximum Gasteiger partial charge on any atom is 0.310 e. The number of rotatable bonds is 3. The molecule has 1 unspecified atom stereocenters. The fraction of sp³-hybridized carbons (Fsp3) is 0.889. The van der Waals surface area contributed by atoms with Crippen molar-refractivity contribution in [2.24, 2.45) is 5.92 Å². The van der Waals surface area contributed by atoms with Gasteiger partial charge in [0.05, 0.1) is 18.3 Å². The fourth-order valence-electron chi connectivity index (χ4n) is 1.90. The van der Waals surface area contributed by atoms with Crippen LogP contribution in [0, 0.1) is 5.92 Å². The predicted molar refractivity (Wildman–Crippen MR) is 53.6 cm³/mol. The second kappa shape index (κ2) is 3.75. The Balaban J connectivity index is 2.00. The number of hydrogen-bond donors (Lipinski definition) is 0. The van der Waals surface area contributed by atoms with Crippen LogP contribution in [0.5, 0.6) is 0 Å². The normalized spacial score (nSPS) is 27.9. The van der Waals surface area contributed by atoms with Crippen LogP contribution in [-0.4, -0.2) is 44.1 Å². The molecule has 15 heavy (non-hydrogen) atoms. The van der Waals surface area contributed by atoms with E-state index in [1.54, 1.807) is 0 Å². The van der Waals surface area contributed by atoms with E-state index in [1.807, 2.05) is 0 Å². The molecule has 1 aliphatic carbocycles. The zero-order valence-corrected chi connectivity index (χ0v) is 9.50. The Morgan fingerprint density at radius 2 is 2.00 bits per heavy atom. The third kappa shape index (κ3) is 2.01. The molecule has 1 heterocycles. The van der Waals surface area contributed by atoms with Gasteiger partial charge in [-0.2, -0.15) is 0 Å². The van der Waals surface area contributed by atoms with Crippen LogP contribution >= 0.6 is 0 Å². The Morgan fingerprint density at radius 3 is 2.53 bits per heavy atom. The molecule has 1 saturated carbocycles. The van der Waals surface area contributed by atoms with E-state index in [0.717, 1.165) is 12.8 Å². The van der Waals surface area contributed by atoms with Gasteiger partial charge in [-0.05, 0) is 19.3 Å². The topological polar surface area (TPSA) is 63.7 Å². The monoisotopic (exact) mass is 233 g/mol. The van der Waals surface area contributed by atoms with Gasteiger partial charge in [0, 0.05) is 13.1 Å². The van der Waals surface area contributed by atoms with Crippen LogP contribution in [0.2, 0.25) is 0 Å². The number of nitrogens with zero attached hydrogens (tertiary/aromatic N) is 1. The maximum absolute atomic E-state index is 11.8. The summed E-state index contributed by atoms with van der Waals surface area (Å²) in [5.41, 5.74) is 0. The highest BCUT2D eigenvalue weighted by atomic mass is 32.2. The van der Waals surface area contributed by atoms with E-state index in [2.05, 4.69) is 4.74 Å². The molecule has 0 aromatic rings. The molecule has 0 amide bonds. The predicted octanol–water partition coefficient (Wildman–Crippen LogP) is -0.0265. The first-order chi connectivity index (χ1) is 7.05. The van der Waals surface area contributed by atoms with Gasteiger partial charge >= 0.3 is 5.97 Å². The lowest BCUT2D eigenvalue weighted by molar-refractivity contribution is -0.144. The molecule has 86 valence electrons. The molecule has 1 atom stereocenters. The number of carbonyl (C=O) groups is 1. The average Bonchev–Trinajstić information content (AvgIpc) is 2.95. The standard InChI is InChI=1S/C9H15NO4S/c1-14-9(11)7-4-5-10(6-7)15(12,13)8-2-3-8/h7-8H,2-6H2,1H3. The first kappa shape index (κ1) is 10.9. The summed E-state index contributed by atoms with van der Waals surface area (Å²) in [6.45, 7) is 0.754. The number of esters is 1. The summed E-state index contributed by atoms with van der Waals surface area (Å²) in [6.07, 6.45) is 2.11. The fourth-order valence-corrected chi connectivity index (χ4v) is 3.80. The van der Waals surface area contributed by atoms with Crippen LogP contribution in [0.25, 0.3) is 0 Å². The number of methoxy groups -OCH3 is 1. The lowest BCUT2D eigenvalue weighted by Gasteiger charge is -2.15. The molecule has 2 rings (SSSR count). The Morgan fingerprint density at radius 1 is 1.33 bits per heavy atom. The number of ether oxygens (including phenoxy) is 1. The lowest BCUT2D eigenvalue weighted by Crippen LogP contribution is -2.32. The van der Waals surface area contributed by atoms with Crippen molar-refractivity contribution in [3.63, 3.8) is 0 Å². The van der Waals surface area contributed by atoms with Crippen LogP contribution in [0.15, 0.2) is 0 Å². The first-order valence-corrected chi connectivity index (χ1v) is 6.63. The molecule has 1 aliphatic heterocycles. The molecule has 0 bridgehead atoms. The average molecular weight is 233 g/mol. The van der Waals surface area contributed by atoms with Gasteiger partial charge in [0.2, 0.25) is 10.0 Å². The molecular formula is C9H15NO4S. The van der Waals surface area contributed by atoms with Crippen LogP contribution < -0.4 is 0 Å². The van der Waals surface area contributed by atoms with Gasteiger partial charge in [-0.25, -0.2) is 12.7 Å². The molecule has 0 aromatic carbocycles. The van der Waals surface area contributed by atoms with Crippen LogP contribution in [-0.2, 0) is 19.6 Å². The minimum absolute atomic E-state index is 0.186. The van der Waals surface area contributed by atoms with Gasteiger partial charge in [-0.15, -0.1) is 0 Å². The van der Waals surface area contributed by atoms with Gasteiger partial charge in [0.1, 0.15) is 0 Å². The molecule has 2 aliphatic rings.